The Hall–Kier alpha value is -2.27. The van der Waals surface area contributed by atoms with Crippen LogP contribution >= 0.6 is 0 Å². The number of hydrogen-bond acceptors (Lipinski definition) is 4. The zero-order chi connectivity index (χ0) is 16.1. The highest BCUT2D eigenvalue weighted by Gasteiger charge is 2.26. The molecule has 1 saturated heterocycles. The van der Waals surface area contributed by atoms with Gasteiger partial charge in [-0.05, 0) is 12.0 Å². The molecular formula is C18H22N4O. The number of nitrogens with zero attached hydrogens (tertiary/aromatic N) is 3. The van der Waals surface area contributed by atoms with Crippen LogP contribution in [0.2, 0.25) is 0 Å². The molecule has 1 aromatic heterocycles. The van der Waals surface area contributed by atoms with Crippen LogP contribution in [0.1, 0.15) is 41.0 Å². The molecule has 0 spiro atoms. The van der Waals surface area contributed by atoms with Crippen molar-refractivity contribution in [3.8, 4) is 0 Å². The summed E-state index contributed by atoms with van der Waals surface area (Å²) in [5, 5.41) is 3.49. The summed E-state index contributed by atoms with van der Waals surface area (Å²) in [6, 6.07) is 10.4. The summed E-state index contributed by atoms with van der Waals surface area (Å²) in [6.07, 6.45) is 4.94. The highest BCUT2D eigenvalue weighted by Crippen LogP contribution is 2.19. The summed E-state index contributed by atoms with van der Waals surface area (Å²) in [6.45, 7) is 4.26. The highest BCUT2D eigenvalue weighted by molar-refractivity contribution is 5.95. The number of rotatable bonds is 4. The first-order chi connectivity index (χ1) is 11.3. The van der Waals surface area contributed by atoms with E-state index < -0.39 is 0 Å². The Morgan fingerprint density at radius 1 is 1.35 bits per heavy atom. The topological polar surface area (TPSA) is 58.1 Å². The minimum atomic E-state index is 0.0384. The summed E-state index contributed by atoms with van der Waals surface area (Å²) < 4.78 is 0. The Morgan fingerprint density at radius 2 is 2.17 bits per heavy atom. The maximum absolute atomic E-state index is 12.9. The second kappa shape index (κ2) is 7.33. The number of benzene rings is 1. The van der Waals surface area contributed by atoms with Gasteiger partial charge in [0.1, 0.15) is 6.33 Å². The van der Waals surface area contributed by atoms with Crippen LogP contribution in [0.5, 0.6) is 0 Å². The summed E-state index contributed by atoms with van der Waals surface area (Å²) in [5.41, 5.74) is 2.70. The van der Waals surface area contributed by atoms with Crippen molar-refractivity contribution in [2.24, 2.45) is 0 Å². The molecule has 1 N–H and O–H groups in total. The minimum Gasteiger partial charge on any atom is -0.335 e. The van der Waals surface area contributed by atoms with Crippen molar-refractivity contribution >= 4 is 5.91 Å². The molecule has 5 nitrogen and oxygen atoms in total. The van der Waals surface area contributed by atoms with Gasteiger partial charge in [-0.1, -0.05) is 43.7 Å². The van der Waals surface area contributed by atoms with Crippen LogP contribution in [-0.2, 0) is 6.42 Å². The number of hydrogen-bond donors (Lipinski definition) is 1. The van der Waals surface area contributed by atoms with Crippen molar-refractivity contribution in [2.75, 3.05) is 19.6 Å². The number of aryl methyl sites for hydroxylation is 1. The lowest BCUT2D eigenvalue weighted by Gasteiger charge is -2.34. The fraction of sp³-hybridized carbons (Fsp3) is 0.389. The molecule has 0 unspecified atom stereocenters. The first-order valence-corrected chi connectivity index (χ1v) is 8.16. The van der Waals surface area contributed by atoms with Gasteiger partial charge >= 0.3 is 0 Å². The molecule has 3 rings (SSSR count). The number of nitrogens with one attached hydrogen (secondary N) is 1. The molecule has 1 fully saturated rings. The highest BCUT2D eigenvalue weighted by atomic mass is 16.2. The summed E-state index contributed by atoms with van der Waals surface area (Å²) in [7, 11) is 0. The van der Waals surface area contributed by atoms with E-state index in [4.69, 9.17) is 0 Å². The molecule has 0 radical (unpaired) electrons. The predicted octanol–water partition coefficient (Wildman–Crippen LogP) is 2.22. The zero-order valence-electron chi connectivity index (χ0n) is 13.4. The Morgan fingerprint density at radius 3 is 2.96 bits per heavy atom. The third-order valence-corrected chi connectivity index (χ3v) is 4.18. The molecular weight excluding hydrogens is 288 g/mol. The van der Waals surface area contributed by atoms with Crippen LogP contribution in [0.25, 0.3) is 0 Å². The molecule has 1 amide bonds. The average Bonchev–Trinajstić information content (AvgIpc) is 2.63. The normalized spacial score (nSPS) is 18.0. The Kier molecular flexibility index (Phi) is 4.98. The molecule has 2 aromatic rings. The third kappa shape index (κ3) is 3.56. The van der Waals surface area contributed by atoms with Gasteiger partial charge in [0.15, 0.2) is 0 Å². The van der Waals surface area contributed by atoms with Crippen LogP contribution in [-0.4, -0.2) is 40.4 Å². The quantitative estimate of drug-likeness (QED) is 0.941. The lowest BCUT2D eigenvalue weighted by Crippen LogP contribution is -2.48. The van der Waals surface area contributed by atoms with Crippen LogP contribution in [0.15, 0.2) is 42.9 Å². The van der Waals surface area contributed by atoms with Crippen molar-refractivity contribution in [3.05, 3.63) is 59.7 Å². The smallest absolute Gasteiger partial charge is 0.257 e. The average molecular weight is 310 g/mol. The molecule has 23 heavy (non-hydrogen) atoms. The zero-order valence-corrected chi connectivity index (χ0v) is 13.4. The van der Waals surface area contributed by atoms with Crippen molar-refractivity contribution in [2.45, 2.75) is 25.8 Å². The first-order valence-electron chi connectivity index (χ1n) is 8.16. The SMILES string of the molecule is CCCc1ncncc1C(=O)N1CCN[C@H](c2ccccc2)C1. The van der Waals surface area contributed by atoms with Crippen molar-refractivity contribution in [1.29, 1.82) is 0 Å². The maximum atomic E-state index is 12.9. The van der Waals surface area contributed by atoms with E-state index in [0.717, 1.165) is 25.1 Å². The third-order valence-electron chi connectivity index (χ3n) is 4.18. The van der Waals surface area contributed by atoms with Crippen LogP contribution in [0, 0.1) is 0 Å². The molecule has 2 heterocycles. The number of carbonyl (C=O) groups excluding carboxylic acids is 1. The lowest BCUT2D eigenvalue weighted by atomic mass is 10.0. The van der Waals surface area contributed by atoms with E-state index in [1.165, 1.54) is 11.9 Å². The summed E-state index contributed by atoms with van der Waals surface area (Å²) in [5.74, 6) is 0.0384. The van der Waals surface area contributed by atoms with E-state index in [0.29, 0.717) is 18.7 Å². The van der Waals surface area contributed by atoms with Crippen LogP contribution in [0.3, 0.4) is 0 Å². The molecule has 1 aliphatic rings. The molecule has 1 aliphatic heterocycles. The van der Waals surface area contributed by atoms with E-state index in [1.54, 1.807) is 6.20 Å². The Bertz CT molecular complexity index is 659. The molecule has 1 aromatic carbocycles. The van der Waals surface area contributed by atoms with Gasteiger partial charge in [-0.25, -0.2) is 9.97 Å². The fourth-order valence-electron chi connectivity index (χ4n) is 2.98. The molecule has 120 valence electrons. The largest absolute Gasteiger partial charge is 0.335 e. The Labute approximate surface area is 136 Å². The van der Waals surface area contributed by atoms with Crippen LogP contribution in [0.4, 0.5) is 0 Å². The van der Waals surface area contributed by atoms with Gasteiger partial charge in [0.25, 0.3) is 5.91 Å². The Balaban J connectivity index is 1.77. The standard InChI is InChI=1S/C18H22N4O/c1-2-6-16-15(11-19-13-21-16)18(23)22-10-9-20-17(12-22)14-7-4-3-5-8-14/h3-5,7-8,11,13,17,20H,2,6,9-10,12H2,1H3/t17-/m0/s1. The number of piperazine rings is 1. The molecule has 5 heteroatoms. The van der Waals surface area contributed by atoms with E-state index in [1.807, 2.05) is 23.1 Å². The van der Waals surface area contributed by atoms with Gasteiger partial charge in [-0.3, -0.25) is 4.79 Å². The van der Waals surface area contributed by atoms with Gasteiger partial charge in [-0.2, -0.15) is 0 Å². The molecule has 0 saturated carbocycles. The van der Waals surface area contributed by atoms with Crippen molar-refractivity contribution in [3.63, 3.8) is 0 Å². The number of aromatic nitrogens is 2. The van der Waals surface area contributed by atoms with Gasteiger partial charge in [0, 0.05) is 31.9 Å². The minimum absolute atomic E-state index is 0.0384. The van der Waals surface area contributed by atoms with Crippen molar-refractivity contribution < 1.29 is 4.79 Å². The first kappa shape index (κ1) is 15.6. The van der Waals surface area contributed by atoms with Crippen molar-refractivity contribution in [1.82, 2.24) is 20.2 Å². The summed E-state index contributed by atoms with van der Waals surface area (Å²) >= 11 is 0. The van der Waals surface area contributed by atoms with E-state index in [-0.39, 0.29) is 11.9 Å². The predicted molar refractivity (Wildman–Crippen MR) is 89.1 cm³/mol. The lowest BCUT2D eigenvalue weighted by molar-refractivity contribution is 0.0700. The maximum Gasteiger partial charge on any atom is 0.257 e. The fourth-order valence-corrected chi connectivity index (χ4v) is 2.98. The summed E-state index contributed by atoms with van der Waals surface area (Å²) in [4.78, 5) is 23.1. The van der Waals surface area contributed by atoms with E-state index in [2.05, 4.69) is 34.3 Å². The monoisotopic (exact) mass is 310 g/mol. The van der Waals surface area contributed by atoms with Gasteiger partial charge < -0.3 is 10.2 Å². The second-order valence-corrected chi connectivity index (χ2v) is 5.80. The van der Waals surface area contributed by atoms with E-state index >= 15 is 0 Å². The van der Waals surface area contributed by atoms with E-state index in [9.17, 15) is 4.79 Å². The van der Waals surface area contributed by atoms with Gasteiger partial charge in [-0.15, -0.1) is 0 Å². The second-order valence-electron chi connectivity index (χ2n) is 5.80. The molecule has 0 bridgehead atoms. The van der Waals surface area contributed by atoms with Gasteiger partial charge in [0.05, 0.1) is 11.3 Å². The van der Waals surface area contributed by atoms with Crippen LogP contribution < -0.4 is 5.32 Å². The number of carbonyl (C=O) groups is 1. The molecule has 1 atom stereocenters. The molecule has 0 aliphatic carbocycles. The number of amides is 1. The van der Waals surface area contributed by atoms with Gasteiger partial charge in [0.2, 0.25) is 0 Å².